The molecule has 0 aromatic heterocycles. The molecule has 1 N–H and O–H groups in total. The van der Waals surface area contributed by atoms with Gasteiger partial charge in [-0.05, 0) is 30.3 Å². The number of rotatable bonds is 2. The second-order valence-corrected chi connectivity index (χ2v) is 3.92. The first-order valence-electron chi connectivity index (χ1n) is 5.66. The lowest BCUT2D eigenvalue weighted by atomic mass is 10.1. The number of carbonyl (C=O) groups excluding carboxylic acids is 1. The predicted molar refractivity (Wildman–Crippen MR) is 70.2 cm³/mol. The highest BCUT2D eigenvalue weighted by molar-refractivity contribution is 6.05. The SMILES string of the molecule is N#Cc1cccc(C(=O)Nc2cccc(F)c2C#N)c1. The summed E-state index contributed by atoms with van der Waals surface area (Å²) in [6.07, 6.45) is 0. The zero-order chi connectivity index (χ0) is 14.5. The number of halogens is 1. The zero-order valence-electron chi connectivity index (χ0n) is 10.2. The maximum atomic E-state index is 13.4. The van der Waals surface area contributed by atoms with Gasteiger partial charge in [0.2, 0.25) is 0 Å². The summed E-state index contributed by atoms with van der Waals surface area (Å²) < 4.78 is 13.4. The van der Waals surface area contributed by atoms with E-state index in [2.05, 4.69) is 5.32 Å². The molecule has 0 aliphatic rings. The molecule has 0 aliphatic carbocycles. The van der Waals surface area contributed by atoms with Crippen LogP contribution >= 0.6 is 0 Å². The van der Waals surface area contributed by atoms with Crippen molar-refractivity contribution in [3.63, 3.8) is 0 Å². The molecule has 96 valence electrons. The normalized spacial score (nSPS) is 9.35. The molecule has 0 unspecified atom stereocenters. The van der Waals surface area contributed by atoms with Gasteiger partial charge in [-0.15, -0.1) is 0 Å². The first kappa shape index (κ1) is 13.3. The van der Waals surface area contributed by atoms with Gasteiger partial charge in [-0.1, -0.05) is 12.1 Å². The van der Waals surface area contributed by atoms with E-state index >= 15 is 0 Å². The van der Waals surface area contributed by atoms with Gasteiger partial charge in [0.05, 0.1) is 17.3 Å². The van der Waals surface area contributed by atoms with Gasteiger partial charge in [0.15, 0.2) is 0 Å². The first-order valence-corrected chi connectivity index (χ1v) is 5.66. The molecular weight excluding hydrogens is 257 g/mol. The Hall–Kier alpha value is -3.18. The van der Waals surface area contributed by atoms with Crippen LogP contribution in [0.4, 0.5) is 10.1 Å². The Labute approximate surface area is 114 Å². The topological polar surface area (TPSA) is 76.7 Å². The molecular formula is C15H8FN3O. The van der Waals surface area contributed by atoms with Gasteiger partial charge in [-0.2, -0.15) is 10.5 Å². The van der Waals surface area contributed by atoms with Crippen molar-refractivity contribution >= 4 is 11.6 Å². The van der Waals surface area contributed by atoms with E-state index < -0.39 is 11.7 Å². The van der Waals surface area contributed by atoms with Crippen LogP contribution in [-0.4, -0.2) is 5.91 Å². The van der Waals surface area contributed by atoms with E-state index in [1.807, 2.05) is 6.07 Å². The molecule has 0 radical (unpaired) electrons. The molecule has 4 nitrogen and oxygen atoms in total. The molecule has 5 heteroatoms. The van der Waals surface area contributed by atoms with Gasteiger partial charge in [0.25, 0.3) is 5.91 Å². The van der Waals surface area contributed by atoms with Crippen molar-refractivity contribution in [3.8, 4) is 12.1 Å². The lowest BCUT2D eigenvalue weighted by molar-refractivity contribution is 0.102. The van der Waals surface area contributed by atoms with Crippen molar-refractivity contribution < 1.29 is 9.18 Å². The maximum Gasteiger partial charge on any atom is 0.255 e. The van der Waals surface area contributed by atoms with Crippen LogP contribution in [0.15, 0.2) is 42.5 Å². The molecule has 0 bridgehead atoms. The number of nitrogens with one attached hydrogen (secondary N) is 1. The number of carbonyl (C=O) groups is 1. The summed E-state index contributed by atoms with van der Waals surface area (Å²) in [6.45, 7) is 0. The Morgan fingerprint density at radius 1 is 1.10 bits per heavy atom. The summed E-state index contributed by atoms with van der Waals surface area (Å²) in [7, 11) is 0. The molecule has 0 aliphatic heterocycles. The van der Waals surface area contributed by atoms with Crippen LogP contribution in [0.1, 0.15) is 21.5 Å². The Morgan fingerprint density at radius 3 is 2.55 bits per heavy atom. The monoisotopic (exact) mass is 265 g/mol. The van der Waals surface area contributed by atoms with Crippen LogP contribution in [0, 0.1) is 28.5 Å². The number of amides is 1. The van der Waals surface area contributed by atoms with Crippen LogP contribution < -0.4 is 5.32 Å². The highest BCUT2D eigenvalue weighted by Crippen LogP contribution is 2.18. The summed E-state index contributed by atoms with van der Waals surface area (Å²) >= 11 is 0. The van der Waals surface area contributed by atoms with Crippen molar-refractivity contribution in [1.82, 2.24) is 0 Å². The van der Waals surface area contributed by atoms with Gasteiger partial charge in [-0.25, -0.2) is 4.39 Å². The third-order valence-electron chi connectivity index (χ3n) is 2.63. The van der Waals surface area contributed by atoms with Crippen molar-refractivity contribution in [2.24, 2.45) is 0 Å². The van der Waals surface area contributed by atoms with Gasteiger partial charge in [0.1, 0.15) is 17.4 Å². The van der Waals surface area contributed by atoms with Gasteiger partial charge >= 0.3 is 0 Å². The molecule has 20 heavy (non-hydrogen) atoms. The number of benzene rings is 2. The average molecular weight is 265 g/mol. The predicted octanol–water partition coefficient (Wildman–Crippen LogP) is 2.82. The molecule has 0 heterocycles. The van der Waals surface area contributed by atoms with Crippen molar-refractivity contribution in [2.75, 3.05) is 5.32 Å². The molecule has 0 fully saturated rings. The van der Waals surface area contributed by atoms with E-state index in [1.165, 1.54) is 24.3 Å². The number of hydrogen-bond acceptors (Lipinski definition) is 3. The second kappa shape index (κ2) is 5.64. The fraction of sp³-hybridized carbons (Fsp3) is 0. The third-order valence-corrected chi connectivity index (χ3v) is 2.63. The average Bonchev–Trinajstić information content (AvgIpc) is 2.47. The molecule has 2 aromatic rings. The van der Waals surface area contributed by atoms with Gasteiger partial charge < -0.3 is 5.32 Å². The lowest BCUT2D eigenvalue weighted by Crippen LogP contribution is -2.13. The van der Waals surface area contributed by atoms with E-state index in [1.54, 1.807) is 18.2 Å². The Morgan fingerprint density at radius 2 is 1.85 bits per heavy atom. The summed E-state index contributed by atoms with van der Waals surface area (Å²) in [4.78, 5) is 12.0. The fourth-order valence-electron chi connectivity index (χ4n) is 1.67. The smallest absolute Gasteiger partial charge is 0.255 e. The minimum atomic E-state index is -0.698. The first-order chi connectivity index (χ1) is 9.65. The van der Waals surface area contributed by atoms with Gasteiger partial charge in [-0.3, -0.25) is 4.79 Å². The fourth-order valence-corrected chi connectivity index (χ4v) is 1.67. The standard InChI is InChI=1S/C15H8FN3O/c16-13-5-2-6-14(12(13)9-18)19-15(20)11-4-1-3-10(7-11)8-17/h1-7H,(H,19,20). The van der Waals surface area contributed by atoms with Crippen LogP contribution in [0.5, 0.6) is 0 Å². The zero-order valence-corrected chi connectivity index (χ0v) is 10.2. The Bertz CT molecular complexity index is 756. The van der Waals surface area contributed by atoms with Crippen LogP contribution in [0.25, 0.3) is 0 Å². The molecule has 1 amide bonds. The van der Waals surface area contributed by atoms with E-state index in [9.17, 15) is 9.18 Å². The van der Waals surface area contributed by atoms with Crippen LogP contribution in [-0.2, 0) is 0 Å². The van der Waals surface area contributed by atoms with Crippen molar-refractivity contribution in [1.29, 1.82) is 10.5 Å². The molecule has 0 spiro atoms. The molecule has 0 saturated heterocycles. The van der Waals surface area contributed by atoms with Crippen molar-refractivity contribution in [2.45, 2.75) is 0 Å². The summed E-state index contributed by atoms with van der Waals surface area (Å²) in [5, 5.41) is 20.1. The van der Waals surface area contributed by atoms with E-state index in [4.69, 9.17) is 10.5 Å². The van der Waals surface area contributed by atoms with E-state index in [0.29, 0.717) is 5.56 Å². The number of nitriles is 2. The van der Waals surface area contributed by atoms with Gasteiger partial charge in [0, 0.05) is 5.56 Å². The maximum absolute atomic E-state index is 13.4. The van der Waals surface area contributed by atoms with E-state index in [-0.39, 0.29) is 16.8 Å². The second-order valence-electron chi connectivity index (χ2n) is 3.92. The number of hydrogen-bond donors (Lipinski definition) is 1. The molecule has 2 rings (SSSR count). The highest BCUT2D eigenvalue weighted by Gasteiger charge is 2.12. The summed E-state index contributed by atoms with van der Waals surface area (Å²) in [5.41, 5.74) is 0.478. The number of anilines is 1. The summed E-state index contributed by atoms with van der Waals surface area (Å²) in [6, 6.07) is 13.7. The number of nitrogens with zero attached hydrogens (tertiary/aromatic N) is 2. The van der Waals surface area contributed by atoms with Crippen LogP contribution in [0.2, 0.25) is 0 Å². The van der Waals surface area contributed by atoms with Crippen molar-refractivity contribution in [3.05, 3.63) is 65.0 Å². The highest BCUT2D eigenvalue weighted by atomic mass is 19.1. The largest absolute Gasteiger partial charge is 0.321 e. The minimum absolute atomic E-state index is 0.0971. The molecule has 0 atom stereocenters. The molecule has 0 saturated carbocycles. The summed E-state index contributed by atoms with van der Waals surface area (Å²) in [5.74, 6) is -1.21. The quantitative estimate of drug-likeness (QED) is 0.906. The van der Waals surface area contributed by atoms with Crippen LogP contribution in [0.3, 0.4) is 0 Å². The minimum Gasteiger partial charge on any atom is -0.321 e. The Balaban J connectivity index is 2.31. The Kier molecular flexibility index (Phi) is 3.74. The lowest BCUT2D eigenvalue weighted by Gasteiger charge is -2.07. The molecule has 2 aromatic carbocycles. The third kappa shape index (κ3) is 2.63. The van der Waals surface area contributed by atoms with E-state index in [0.717, 1.165) is 6.07 Å².